The molecular formula is C22H19Cl3N2O3. The molecule has 1 saturated heterocycles. The van der Waals surface area contributed by atoms with E-state index in [9.17, 15) is 14.4 Å². The van der Waals surface area contributed by atoms with Gasteiger partial charge in [-0.2, -0.15) is 0 Å². The number of nitrogens with zero attached hydrogens (tertiary/aromatic N) is 2. The van der Waals surface area contributed by atoms with Gasteiger partial charge in [0.2, 0.25) is 11.8 Å². The topological polar surface area (TPSA) is 57.7 Å². The van der Waals surface area contributed by atoms with Gasteiger partial charge in [-0.3, -0.25) is 14.4 Å². The fraction of sp³-hybridized carbons (Fsp3) is 0.227. The molecule has 0 unspecified atom stereocenters. The minimum Gasteiger partial charge on any atom is -0.339 e. The Hall–Kier alpha value is -2.34. The highest BCUT2D eigenvalue weighted by molar-refractivity contribution is 6.37. The zero-order chi connectivity index (χ0) is 21.8. The largest absolute Gasteiger partial charge is 0.339 e. The molecule has 1 aliphatic rings. The van der Waals surface area contributed by atoms with Crippen molar-refractivity contribution in [3.63, 3.8) is 0 Å². The van der Waals surface area contributed by atoms with Crippen LogP contribution in [0.1, 0.15) is 15.9 Å². The second-order valence-electron chi connectivity index (χ2n) is 6.86. The van der Waals surface area contributed by atoms with Crippen LogP contribution in [-0.2, 0) is 16.0 Å². The summed E-state index contributed by atoms with van der Waals surface area (Å²) in [6.45, 7) is 5.23. The molecule has 8 heteroatoms. The molecule has 0 spiro atoms. The average Bonchev–Trinajstić information content (AvgIpc) is 2.75. The fourth-order valence-corrected chi connectivity index (χ4v) is 4.05. The predicted molar refractivity (Wildman–Crippen MR) is 119 cm³/mol. The molecule has 1 aliphatic heterocycles. The molecule has 2 aromatic rings. The van der Waals surface area contributed by atoms with E-state index < -0.39 is 0 Å². The summed E-state index contributed by atoms with van der Waals surface area (Å²) in [7, 11) is 0. The Morgan fingerprint density at radius 3 is 2.20 bits per heavy atom. The van der Waals surface area contributed by atoms with E-state index in [0.29, 0.717) is 69.8 Å². The van der Waals surface area contributed by atoms with Crippen LogP contribution in [0.3, 0.4) is 0 Å². The number of rotatable bonds is 5. The van der Waals surface area contributed by atoms with E-state index in [1.165, 1.54) is 12.1 Å². The van der Waals surface area contributed by atoms with Crippen molar-refractivity contribution in [2.24, 2.45) is 0 Å². The number of piperazine rings is 1. The second-order valence-corrected chi connectivity index (χ2v) is 8.11. The van der Waals surface area contributed by atoms with E-state index in [-0.39, 0.29) is 18.2 Å². The molecular weight excluding hydrogens is 447 g/mol. The predicted octanol–water partition coefficient (Wildman–Crippen LogP) is 4.53. The maximum Gasteiger partial charge on any atom is 0.246 e. The van der Waals surface area contributed by atoms with Crippen LogP contribution in [0.4, 0.5) is 0 Å². The zero-order valence-corrected chi connectivity index (χ0v) is 18.3. The number of hydrogen-bond acceptors (Lipinski definition) is 3. The van der Waals surface area contributed by atoms with Crippen LogP contribution >= 0.6 is 34.8 Å². The first-order valence-corrected chi connectivity index (χ1v) is 10.4. The Labute approximate surface area is 189 Å². The summed E-state index contributed by atoms with van der Waals surface area (Å²) in [6, 6.07) is 8.26. The maximum absolute atomic E-state index is 12.8. The number of benzene rings is 2. The van der Waals surface area contributed by atoms with Crippen molar-refractivity contribution in [1.82, 2.24) is 9.80 Å². The number of halogens is 3. The van der Waals surface area contributed by atoms with E-state index in [1.54, 1.807) is 34.1 Å². The molecule has 30 heavy (non-hydrogen) atoms. The Balaban J connectivity index is 1.84. The molecule has 0 aliphatic carbocycles. The molecule has 2 aromatic carbocycles. The van der Waals surface area contributed by atoms with Crippen LogP contribution in [-0.4, -0.2) is 54.1 Å². The quantitative estimate of drug-likeness (QED) is 0.482. The van der Waals surface area contributed by atoms with Crippen molar-refractivity contribution in [2.75, 3.05) is 26.2 Å². The molecule has 0 aromatic heterocycles. The van der Waals surface area contributed by atoms with Gasteiger partial charge < -0.3 is 9.80 Å². The number of amides is 2. The van der Waals surface area contributed by atoms with Crippen molar-refractivity contribution in [3.8, 4) is 11.1 Å². The van der Waals surface area contributed by atoms with Gasteiger partial charge in [0.15, 0.2) is 0 Å². The Morgan fingerprint density at radius 2 is 1.57 bits per heavy atom. The van der Waals surface area contributed by atoms with Crippen molar-refractivity contribution >= 4 is 52.9 Å². The van der Waals surface area contributed by atoms with Gasteiger partial charge in [0.1, 0.15) is 6.29 Å². The van der Waals surface area contributed by atoms with Gasteiger partial charge in [0.25, 0.3) is 0 Å². The lowest BCUT2D eigenvalue weighted by Crippen LogP contribution is -2.50. The van der Waals surface area contributed by atoms with Crippen LogP contribution in [0.15, 0.2) is 43.0 Å². The molecule has 0 bridgehead atoms. The molecule has 1 heterocycles. The first-order valence-electron chi connectivity index (χ1n) is 9.26. The summed E-state index contributed by atoms with van der Waals surface area (Å²) in [4.78, 5) is 39.5. The van der Waals surface area contributed by atoms with Gasteiger partial charge in [-0.15, -0.1) is 0 Å². The van der Waals surface area contributed by atoms with Gasteiger partial charge in [0, 0.05) is 57.9 Å². The highest BCUT2D eigenvalue weighted by Gasteiger charge is 2.24. The standard InChI is InChI=1S/C22H19Cl3N2O3/c1-2-21(29)26-5-7-27(8-6-26)22(30)11-14-9-17(20(25)10-15(14)13-28)18-12-16(23)3-4-19(18)24/h2-4,9-10,12-13H,1,5-8,11H2. The van der Waals surface area contributed by atoms with Gasteiger partial charge in [-0.05, 0) is 42.0 Å². The van der Waals surface area contributed by atoms with Crippen molar-refractivity contribution < 1.29 is 14.4 Å². The second kappa shape index (κ2) is 9.65. The van der Waals surface area contributed by atoms with E-state index in [0.717, 1.165) is 0 Å². The van der Waals surface area contributed by atoms with Crippen molar-refractivity contribution in [2.45, 2.75) is 6.42 Å². The molecule has 1 fully saturated rings. The van der Waals surface area contributed by atoms with Crippen LogP contribution in [0.25, 0.3) is 11.1 Å². The highest BCUT2D eigenvalue weighted by atomic mass is 35.5. The Bertz CT molecular complexity index is 1010. The van der Waals surface area contributed by atoms with Crippen LogP contribution in [0.5, 0.6) is 0 Å². The first kappa shape index (κ1) is 22.3. The normalized spacial score (nSPS) is 13.8. The lowest BCUT2D eigenvalue weighted by Gasteiger charge is -2.34. The highest BCUT2D eigenvalue weighted by Crippen LogP contribution is 2.36. The summed E-state index contributed by atoms with van der Waals surface area (Å²) in [5.41, 5.74) is 2.11. The molecule has 0 atom stereocenters. The lowest BCUT2D eigenvalue weighted by atomic mass is 9.97. The summed E-state index contributed by atoms with van der Waals surface area (Å²) >= 11 is 18.8. The minimum absolute atomic E-state index is 0.0336. The van der Waals surface area contributed by atoms with E-state index in [1.807, 2.05) is 0 Å². The Morgan fingerprint density at radius 1 is 0.933 bits per heavy atom. The van der Waals surface area contributed by atoms with E-state index >= 15 is 0 Å². The third-order valence-electron chi connectivity index (χ3n) is 5.03. The molecule has 3 rings (SSSR count). The Kier molecular flexibility index (Phi) is 7.19. The summed E-state index contributed by atoms with van der Waals surface area (Å²) < 4.78 is 0. The van der Waals surface area contributed by atoms with Gasteiger partial charge in [0.05, 0.1) is 6.42 Å². The van der Waals surface area contributed by atoms with Crippen molar-refractivity contribution in [3.05, 3.63) is 69.2 Å². The lowest BCUT2D eigenvalue weighted by molar-refractivity contribution is -0.136. The SMILES string of the molecule is C=CC(=O)N1CCN(C(=O)Cc2cc(-c3cc(Cl)ccc3Cl)c(Cl)cc2C=O)CC1. The maximum atomic E-state index is 12.8. The average molecular weight is 466 g/mol. The molecule has 0 N–H and O–H groups in total. The molecule has 5 nitrogen and oxygen atoms in total. The third-order valence-corrected chi connectivity index (χ3v) is 5.91. The van der Waals surface area contributed by atoms with Gasteiger partial charge >= 0.3 is 0 Å². The molecule has 156 valence electrons. The number of carbonyl (C=O) groups is 3. The number of hydrogen-bond donors (Lipinski definition) is 0. The van der Waals surface area contributed by atoms with Crippen molar-refractivity contribution in [1.29, 1.82) is 0 Å². The number of carbonyl (C=O) groups excluding carboxylic acids is 3. The molecule has 0 radical (unpaired) electrons. The summed E-state index contributed by atoms with van der Waals surface area (Å²) in [6.07, 6.45) is 1.98. The van der Waals surface area contributed by atoms with Crippen LogP contribution in [0.2, 0.25) is 15.1 Å². The van der Waals surface area contributed by atoms with E-state index in [2.05, 4.69) is 6.58 Å². The zero-order valence-electron chi connectivity index (χ0n) is 16.0. The smallest absolute Gasteiger partial charge is 0.246 e. The van der Waals surface area contributed by atoms with Gasteiger partial charge in [-0.1, -0.05) is 41.4 Å². The monoisotopic (exact) mass is 464 g/mol. The minimum atomic E-state index is -0.147. The van der Waals surface area contributed by atoms with E-state index in [4.69, 9.17) is 34.8 Å². The first-order chi connectivity index (χ1) is 14.3. The van der Waals surface area contributed by atoms with Gasteiger partial charge in [-0.25, -0.2) is 0 Å². The number of aldehydes is 1. The van der Waals surface area contributed by atoms with Crippen LogP contribution < -0.4 is 0 Å². The van der Waals surface area contributed by atoms with Crippen LogP contribution in [0, 0.1) is 0 Å². The summed E-state index contributed by atoms with van der Waals surface area (Å²) in [5.74, 6) is -0.277. The third kappa shape index (κ3) is 4.86. The summed E-state index contributed by atoms with van der Waals surface area (Å²) in [5, 5.41) is 1.30. The fourth-order valence-electron chi connectivity index (χ4n) is 3.39. The molecule has 2 amide bonds. The molecule has 0 saturated carbocycles.